The molecule has 5 heteroatoms. The van der Waals surface area contributed by atoms with Crippen LogP contribution in [-0.4, -0.2) is 17.8 Å². The molecule has 1 aliphatic rings. The molecule has 0 saturated carbocycles. The molecule has 1 aliphatic heterocycles. The number of nitro groups is 1. The van der Waals surface area contributed by atoms with Crippen molar-refractivity contribution in [2.75, 3.05) is 6.61 Å². The van der Waals surface area contributed by atoms with Gasteiger partial charge in [0.15, 0.2) is 6.29 Å². The number of rotatable bonds is 3. The molecule has 0 bridgehead atoms. The second-order valence-electron chi connectivity index (χ2n) is 4.12. The van der Waals surface area contributed by atoms with Crippen LogP contribution in [0.15, 0.2) is 18.2 Å². The van der Waals surface area contributed by atoms with Crippen LogP contribution in [0.3, 0.4) is 0 Å². The Balaban J connectivity index is 2.06. The van der Waals surface area contributed by atoms with Crippen LogP contribution in [0.5, 0.6) is 5.75 Å². The summed E-state index contributed by atoms with van der Waals surface area (Å²) in [6.45, 7) is 2.42. The summed E-state index contributed by atoms with van der Waals surface area (Å²) in [4.78, 5) is 10.3. The third-order valence-corrected chi connectivity index (χ3v) is 2.77. The van der Waals surface area contributed by atoms with E-state index in [1.165, 1.54) is 6.07 Å². The van der Waals surface area contributed by atoms with E-state index < -0.39 is 4.92 Å². The van der Waals surface area contributed by atoms with Crippen LogP contribution in [0.25, 0.3) is 0 Å². The van der Waals surface area contributed by atoms with Crippen molar-refractivity contribution in [2.24, 2.45) is 0 Å². The summed E-state index contributed by atoms with van der Waals surface area (Å²) in [5.41, 5.74) is 0.713. The summed E-state index contributed by atoms with van der Waals surface area (Å²) in [5, 5.41) is 10.7. The molecule has 0 amide bonds. The Bertz CT molecular complexity index is 413. The van der Waals surface area contributed by atoms with Gasteiger partial charge in [0.2, 0.25) is 0 Å². The van der Waals surface area contributed by atoms with E-state index >= 15 is 0 Å². The highest BCUT2D eigenvalue weighted by molar-refractivity contribution is 5.44. The van der Waals surface area contributed by atoms with E-state index in [2.05, 4.69) is 0 Å². The lowest BCUT2D eigenvalue weighted by atomic mass is 10.2. The molecule has 92 valence electrons. The molecule has 1 fully saturated rings. The van der Waals surface area contributed by atoms with E-state index in [-0.39, 0.29) is 12.0 Å². The molecule has 1 atom stereocenters. The van der Waals surface area contributed by atoms with Gasteiger partial charge in [-0.2, -0.15) is 0 Å². The van der Waals surface area contributed by atoms with Crippen molar-refractivity contribution in [3.05, 3.63) is 33.9 Å². The third-order valence-electron chi connectivity index (χ3n) is 2.77. The number of nitrogens with zero attached hydrogens (tertiary/aromatic N) is 1. The fourth-order valence-corrected chi connectivity index (χ4v) is 1.86. The molecule has 17 heavy (non-hydrogen) atoms. The Hall–Kier alpha value is -1.62. The Morgan fingerprint density at radius 3 is 2.88 bits per heavy atom. The zero-order chi connectivity index (χ0) is 12.3. The van der Waals surface area contributed by atoms with E-state index in [9.17, 15) is 10.1 Å². The predicted molar refractivity (Wildman–Crippen MR) is 62.1 cm³/mol. The Morgan fingerprint density at radius 1 is 1.47 bits per heavy atom. The largest absolute Gasteiger partial charge is 0.465 e. The maximum Gasteiger partial charge on any atom is 0.272 e. The lowest BCUT2D eigenvalue weighted by Crippen LogP contribution is -2.24. The molecule has 0 aromatic heterocycles. The molecular weight excluding hydrogens is 222 g/mol. The Morgan fingerprint density at radius 2 is 2.29 bits per heavy atom. The van der Waals surface area contributed by atoms with Crippen LogP contribution in [0, 0.1) is 17.0 Å². The summed E-state index contributed by atoms with van der Waals surface area (Å²) in [6.07, 6.45) is 2.82. The van der Waals surface area contributed by atoms with Crippen molar-refractivity contribution in [1.29, 1.82) is 0 Å². The number of hydrogen-bond acceptors (Lipinski definition) is 4. The fourth-order valence-electron chi connectivity index (χ4n) is 1.86. The molecule has 0 radical (unpaired) electrons. The molecule has 1 saturated heterocycles. The van der Waals surface area contributed by atoms with Crippen LogP contribution in [0.2, 0.25) is 0 Å². The maximum absolute atomic E-state index is 10.7. The van der Waals surface area contributed by atoms with E-state index in [1.807, 2.05) is 0 Å². The van der Waals surface area contributed by atoms with Crippen molar-refractivity contribution < 1.29 is 14.4 Å². The predicted octanol–water partition coefficient (Wildman–Crippen LogP) is 2.81. The molecule has 0 spiro atoms. The minimum absolute atomic E-state index is 0.113. The van der Waals surface area contributed by atoms with Crippen molar-refractivity contribution >= 4 is 5.69 Å². The van der Waals surface area contributed by atoms with Crippen molar-refractivity contribution in [3.8, 4) is 5.75 Å². The van der Waals surface area contributed by atoms with Gasteiger partial charge in [0.1, 0.15) is 5.75 Å². The van der Waals surface area contributed by atoms with Crippen LogP contribution in [-0.2, 0) is 4.74 Å². The molecule has 1 unspecified atom stereocenters. The highest BCUT2D eigenvalue weighted by atomic mass is 16.7. The van der Waals surface area contributed by atoms with E-state index in [1.54, 1.807) is 19.1 Å². The van der Waals surface area contributed by atoms with E-state index in [4.69, 9.17) is 9.47 Å². The van der Waals surface area contributed by atoms with Crippen LogP contribution >= 0.6 is 0 Å². The van der Waals surface area contributed by atoms with Crippen molar-refractivity contribution in [3.63, 3.8) is 0 Å². The van der Waals surface area contributed by atoms with Gasteiger partial charge in [0, 0.05) is 18.1 Å². The first-order valence-corrected chi connectivity index (χ1v) is 5.70. The molecular formula is C12H15NO4. The van der Waals surface area contributed by atoms with E-state index in [0.29, 0.717) is 11.3 Å². The number of hydrogen-bond donors (Lipinski definition) is 0. The summed E-state index contributed by atoms with van der Waals surface area (Å²) in [7, 11) is 0. The minimum atomic E-state index is -0.393. The van der Waals surface area contributed by atoms with Gasteiger partial charge in [-0.05, 0) is 31.9 Å². The quantitative estimate of drug-likeness (QED) is 0.599. The van der Waals surface area contributed by atoms with E-state index in [0.717, 1.165) is 25.9 Å². The fraction of sp³-hybridized carbons (Fsp3) is 0.500. The lowest BCUT2D eigenvalue weighted by molar-refractivity contribution is -0.385. The van der Waals surface area contributed by atoms with Gasteiger partial charge in [-0.25, -0.2) is 0 Å². The molecule has 1 aromatic carbocycles. The first-order valence-electron chi connectivity index (χ1n) is 5.70. The van der Waals surface area contributed by atoms with Crippen molar-refractivity contribution in [2.45, 2.75) is 32.5 Å². The van der Waals surface area contributed by atoms with Gasteiger partial charge in [-0.15, -0.1) is 0 Å². The topological polar surface area (TPSA) is 61.6 Å². The highest BCUT2D eigenvalue weighted by Crippen LogP contribution is 2.25. The monoisotopic (exact) mass is 237 g/mol. The van der Waals surface area contributed by atoms with Gasteiger partial charge in [-0.3, -0.25) is 10.1 Å². The van der Waals surface area contributed by atoms with Gasteiger partial charge >= 0.3 is 0 Å². The molecule has 1 aromatic rings. The number of nitro benzene ring substituents is 1. The first-order chi connectivity index (χ1) is 8.16. The lowest BCUT2D eigenvalue weighted by Gasteiger charge is -2.23. The zero-order valence-electron chi connectivity index (χ0n) is 9.72. The molecule has 1 heterocycles. The SMILES string of the molecule is Cc1cc(OC2CCCCO2)ccc1[N+](=O)[O-]. The molecule has 0 aliphatic carbocycles. The highest BCUT2D eigenvalue weighted by Gasteiger charge is 2.17. The number of benzene rings is 1. The van der Waals surface area contributed by atoms with Gasteiger partial charge in [0.05, 0.1) is 11.5 Å². The molecule has 2 rings (SSSR count). The van der Waals surface area contributed by atoms with Crippen molar-refractivity contribution in [1.82, 2.24) is 0 Å². The zero-order valence-corrected chi connectivity index (χ0v) is 9.72. The maximum atomic E-state index is 10.7. The van der Waals surface area contributed by atoms with Crippen LogP contribution in [0.1, 0.15) is 24.8 Å². The van der Waals surface area contributed by atoms with Crippen LogP contribution < -0.4 is 4.74 Å². The van der Waals surface area contributed by atoms with Gasteiger partial charge in [-0.1, -0.05) is 0 Å². The first kappa shape index (κ1) is 11.9. The number of aryl methyl sites for hydroxylation is 1. The third kappa shape index (κ3) is 2.94. The van der Waals surface area contributed by atoms with Gasteiger partial charge < -0.3 is 9.47 Å². The Labute approximate surface area is 99.5 Å². The summed E-state index contributed by atoms with van der Waals surface area (Å²) in [6, 6.07) is 4.76. The molecule has 5 nitrogen and oxygen atoms in total. The molecule has 0 N–H and O–H groups in total. The normalized spacial score (nSPS) is 19.9. The average molecular weight is 237 g/mol. The summed E-state index contributed by atoms with van der Waals surface area (Å²) < 4.78 is 11.1. The minimum Gasteiger partial charge on any atom is -0.465 e. The standard InChI is InChI=1S/C12H15NO4/c1-9-8-10(5-6-11(9)13(14)15)17-12-4-2-3-7-16-12/h5-6,8,12H,2-4,7H2,1H3. The summed E-state index contributed by atoms with van der Waals surface area (Å²) >= 11 is 0. The second kappa shape index (κ2) is 5.14. The average Bonchev–Trinajstić information content (AvgIpc) is 2.30. The second-order valence-corrected chi connectivity index (χ2v) is 4.12. The Kier molecular flexibility index (Phi) is 3.58. The number of ether oxygens (including phenoxy) is 2. The summed E-state index contributed by atoms with van der Waals surface area (Å²) in [5.74, 6) is 0.625. The van der Waals surface area contributed by atoms with Gasteiger partial charge in [0.25, 0.3) is 5.69 Å². The van der Waals surface area contributed by atoms with Crippen LogP contribution in [0.4, 0.5) is 5.69 Å². The smallest absolute Gasteiger partial charge is 0.272 e.